The van der Waals surface area contributed by atoms with E-state index in [2.05, 4.69) is 39.3 Å². The maximum Gasteiger partial charge on any atom is 0.239 e. The third-order valence-electron chi connectivity index (χ3n) is 2.90. The highest BCUT2D eigenvalue weighted by Gasteiger charge is 2.09. The quantitative estimate of drug-likeness (QED) is 0.899. The maximum atomic E-state index is 5.30. The Balaban J connectivity index is 2.04. The first-order chi connectivity index (χ1) is 9.26. The molecule has 1 aromatic carbocycles. The predicted octanol–water partition coefficient (Wildman–Crippen LogP) is 1.35. The van der Waals surface area contributed by atoms with Gasteiger partial charge >= 0.3 is 0 Å². The number of ether oxygens (including phenoxy) is 1. The third-order valence-corrected chi connectivity index (χ3v) is 2.90. The van der Waals surface area contributed by atoms with Crippen molar-refractivity contribution in [1.82, 2.24) is 4.98 Å². The first-order valence-corrected chi connectivity index (χ1v) is 6.04. The van der Waals surface area contributed by atoms with Crippen molar-refractivity contribution in [3.8, 4) is 5.88 Å². The number of rotatable bonds is 3. The second-order valence-electron chi connectivity index (χ2n) is 4.34. The van der Waals surface area contributed by atoms with Crippen molar-refractivity contribution in [2.75, 3.05) is 19.1 Å². The number of aryl methyl sites for hydroxylation is 1. The highest BCUT2D eigenvalue weighted by atomic mass is 16.5. The largest absolute Gasteiger partial charge is 0.479 e. The van der Waals surface area contributed by atoms with Gasteiger partial charge in [0.1, 0.15) is 17.7 Å². The molecule has 2 aromatic rings. The van der Waals surface area contributed by atoms with E-state index in [-0.39, 0.29) is 0 Å². The van der Waals surface area contributed by atoms with E-state index >= 15 is 0 Å². The average Bonchev–Trinajstić information content (AvgIpc) is 2.85. The predicted molar refractivity (Wildman–Crippen MR) is 72.4 cm³/mol. The van der Waals surface area contributed by atoms with Gasteiger partial charge in [-0.1, -0.05) is 12.1 Å². The van der Waals surface area contributed by atoms with Gasteiger partial charge in [-0.2, -0.15) is 4.98 Å². The lowest BCUT2D eigenvalue weighted by Gasteiger charge is -2.10. The number of nitrogens with one attached hydrogen (secondary N) is 1. The fraction of sp³-hybridized carbons (Fsp3) is 0.214. The van der Waals surface area contributed by atoms with Crippen LogP contribution in [0, 0.1) is 6.92 Å². The Morgan fingerprint density at radius 3 is 2.89 bits per heavy atom. The fourth-order valence-corrected chi connectivity index (χ4v) is 2.01. The molecule has 19 heavy (non-hydrogen) atoms. The lowest BCUT2D eigenvalue weighted by Crippen LogP contribution is -2.26. The van der Waals surface area contributed by atoms with Crippen LogP contribution in [0.5, 0.6) is 5.88 Å². The Kier molecular flexibility index (Phi) is 2.87. The number of hydrogen-bond donors (Lipinski definition) is 1. The summed E-state index contributed by atoms with van der Waals surface area (Å²) >= 11 is 0. The maximum absolute atomic E-state index is 5.30. The molecule has 5 heteroatoms. The smallest absolute Gasteiger partial charge is 0.239 e. The molecule has 0 atom stereocenters. The van der Waals surface area contributed by atoms with Crippen molar-refractivity contribution in [3.05, 3.63) is 46.7 Å². The lowest BCUT2D eigenvalue weighted by atomic mass is 10.2. The molecule has 0 spiro atoms. The van der Waals surface area contributed by atoms with Crippen molar-refractivity contribution < 1.29 is 4.74 Å². The first-order valence-electron chi connectivity index (χ1n) is 6.04. The Hall–Kier alpha value is -2.43. The molecule has 3 rings (SSSR count). The van der Waals surface area contributed by atoms with Gasteiger partial charge in [0.15, 0.2) is 5.49 Å². The Bertz CT molecular complexity index is 740. The molecular weight excluding hydrogens is 240 g/mol. The fourth-order valence-electron chi connectivity index (χ4n) is 2.01. The van der Waals surface area contributed by atoms with Crippen LogP contribution < -0.4 is 20.9 Å². The van der Waals surface area contributed by atoms with Gasteiger partial charge in [-0.15, -0.1) is 0 Å². The monoisotopic (exact) mass is 254 g/mol. The summed E-state index contributed by atoms with van der Waals surface area (Å²) in [5.74, 6) is 0.529. The minimum atomic E-state index is 0.444. The summed E-state index contributed by atoms with van der Waals surface area (Å²) in [7, 11) is 1.60. The number of aromatic nitrogens is 1. The molecule has 0 aliphatic carbocycles. The summed E-state index contributed by atoms with van der Waals surface area (Å²) in [6.45, 7) is 2.50. The van der Waals surface area contributed by atoms with Crippen LogP contribution in [0.2, 0.25) is 0 Å². The second-order valence-corrected chi connectivity index (χ2v) is 4.34. The molecule has 1 N–H and O–H groups in total. The van der Waals surface area contributed by atoms with Crippen LogP contribution in [0.25, 0.3) is 0 Å². The molecule has 0 fully saturated rings. The Labute approximate surface area is 110 Å². The van der Waals surface area contributed by atoms with E-state index in [1.807, 2.05) is 18.2 Å². The normalized spacial score (nSPS) is 12.3. The molecule has 5 nitrogen and oxygen atoms in total. The summed E-state index contributed by atoms with van der Waals surface area (Å²) in [6, 6.07) is 10.0. The number of anilines is 2. The van der Waals surface area contributed by atoms with E-state index in [0.29, 0.717) is 18.0 Å². The van der Waals surface area contributed by atoms with Crippen LogP contribution in [0.1, 0.15) is 5.56 Å². The molecule has 0 radical (unpaired) electrons. The Morgan fingerprint density at radius 2 is 2.11 bits per heavy atom. The van der Waals surface area contributed by atoms with Crippen molar-refractivity contribution in [2.24, 2.45) is 9.98 Å². The van der Waals surface area contributed by atoms with Crippen molar-refractivity contribution in [3.63, 3.8) is 0 Å². The van der Waals surface area contributed by atoms with Crippen LogP contribution in [0.15, 0.2) is 40.3 Å². The standard InChI is InChI=1S/C14H14N4O/c1-9-4-3-5-10(6-9)17-12-7-11-13(16-8-15-11)18-14(12)19-2/h3-7,17H,8H2,1-2H3. The van der Waals surface area contributed by atoms with Crippen molar-refractivity contribution in [1.29, 1.82) is 0 Å². The van der Waals surface area contributed by atoms with Gasteiger partial charge < -0.3 is 10.1 Å². The zero-order valence-corrected chi connectivity index (χ0v) is 10.8. The average molecular weight is 254 g/mol. The molecule has 0 bridgehead atoms. The number of nitrogens with zero attached hydrogens (tertiary/aromatic N) is 3. The van der Waals surface area contributed by atoms with E-state index < -0.39 is 0 Å². The van der Waals surface area contributed by atoms with Crippen LogP contribution in [-0.2, 0) is 0 Å². The molecule has 0 amide bonds. The van der Waals surface area contributed by atoms with Crippen molar-refractivity contribution in [2.45, 2.75) is 6.92 Å². The number of fused-ring (bicyclic) bond motifs is 1. The zero-order chi connectivity index (χ0) is 13.2. The Morgan fingerprint density at radius 1 is 1.21 bits per heavy atom. The molecule has 1 aliphatic heterocycles. The topological polar surface area (TPSA) is 58.9 Å². The van der Waals surface area contributed by atoms with Crippen LogP contribution in [0.4, 0.5) is 11.4 Å². The third kappa shape index (κ3) is 2.27. The molecule has 0 saturated carbocycles. The summed E-state index contributed by atoms with van der Waals surface area (Å²) < 4.78 is 5.30. The van der Waals surface area contributed by atoms with E-state index in [0.717, 1.165) is 16.7 Å². The van der Waals surface area contributed by atoms with Gasteiger partial charge in [0, 0.05) is 5.69 Å². The zero-order valence-electron chi connectivity index (χ0n) is 10.8. The molecule has 0 saturated heterocycles. The minimum Gasteiger partial charge on any atom is -0.479 e. The van der Waals surface area contributed by atoms with Gasteiger partial charge in [-0.05, 0) is 30.7 Å². The van der Waals surface area contributed by atoms with E-state index in [1.165, 1.54) is 5.56 Å². The first kappa shape index (κ1) is 11.6. The van der Waals surface area contributed by atoms with Crippen LogP contribution >= 0.6 is 0 Å². The molecule has 96 valence electrons. The number of methoxy groups -OCH3 is 1. The molecular formula is C14H14N4O. The van der Waals surface area contributed by atoms with Gasteiger partial charge in [0.2, 0.25) is 5.88 Å². The van der Waals surface area contributed by atoms with Crippen molar-refractivity contribution >= 4 is 11.4 Å². The van der Waals surface area contributed by atoms with Gasteiger partial charge in [-0.3, -0.25) is 4.99 Å². The molecule has 1 aliphatic rings. The van der Waals surface area contributed by atoms with E-state index in [9.17, 15) is 0 Å². The van der Waals surface area contributed by atoms with Gasteiger partial charge in [0.05, 0.1) is 7.11 Å². The number of hydrogen-bond acceptors (Lipinski definition) is 5. The summed E-state index contributed by atoms with van der Waals surface area (Å²) in [4.78, 5) is 12.8. The van der Waals surface area contributed by atoms with Gasteiger partial charge in [0.25, 0.3) is 0 Å². The summed E-state index contributed by atoms with van der Waals surface area (Å²) in [6.07, 6.45) is 0. The minimum absolute atomic E-state index is 0.444. The molecule has 1 aromatic heterocycles. The molecule has 2 heterocycles. The second kappa shape index (κ2) is 4.68. The van der Waals surface area contributed by atoms with Crippen LogP contribution in [-0.4, -0.2) is 18.8 Å². The SMILES string of the molecule is COc1nc2c(cc1Nc1cccc(C)c1)=NCN=2. The van der Waals surface area contributed by atoms with E-state index in [4.69, 9.17) is 4.74 Å². The highest BCUT2D eigenvalue weighted by molar-refractivity contribution is 5.64. The highest BCUT2D eigenvalue weighted by Crippen LogP contribution is 2.23. The molecule has 0 unspecified atom stereocenters. The van der Waals surface area contributed by atoms with E-state index in [1.54, 1.807) is 7.11 Å². The lowest BCUT2D eigenvalue weighted by molar-refractivity contribution is 0.398. The number of pyridine rings is 1. The number of benzene rings is 1. The van der Waals surface area contributed by atoms with Crippen LogP contribution in [0.3, 0.4) is 0 Å². The summed E-state index contributed by atoms with van der Waals surface area (Å²) in [5.41, 5.74) is 3.63. The van der Waals surface area contributed by atoms with Gasteiger partial charge in [-0.25, -0.2) is 4.99 Å². The summed E-state index contributed by atoms with van der Waals surface area (Å²) in [5, 5.41) is 4.11.